The second kappa shape index (κ2) is 6.14. The maximum Gasteiger partial charge on any atom is 0.494 e. The zero-order valence-corrected chi connectivity index (χ0v) is 14.5. The van der Waals surface area contributed by atoms with Crippen LogP contribution in [0.25, 0.3) is 6.08 Å². The van der Waals surface area contributed by atoms with Crippen LogP contribution in [0.1, 0.15) is 46.1 Å². The molecule has 0 aromatic heterocycles. The zero-order valence-electron chi connectivity index (χ0n) is 14.5. The van der Waals surface area contributed by atoms with Crippen molar-refractivity contribution >= 4 is 18.7 Å². The van der Waals surface area contributed by atoms with Crippen LogP contribution in [0.5, 0.6) is 0 Å². The molecule has 1 fully saturated rings. The summed E-state index contributed by atoms with van der Waals surface area (Å²) in [7, 11) is -0.288. The van der Waals surface area contributed by atoms with Gasteiger partial charge in [0, 0.05) is 0 Å². The second-order valence-electron chi connectivity index (χ2n) is 7.30. The highest BCUT2D eigenvalue weighted by atomic mass is 16.7. The third-order valence-corrected chi connectivity index (χ3v) is 5.00. The predicted octanol–water partition coefficient (Wildman–Crippen LogP) is 4.28. The summed E-state index contributed by atoms with van der Waals surface area (Å²) in [6, 6.07) is 8.43. The minimum Gasteiger partial charge on any atom is -0.399 e. The molecule has 2 aliphatic rings. The van der Waals surface area contributed by atoms with E-state index in [1.165, 1.54) is 11.1 Å². The third-order valence-electron chi connectivity index (χ3n) is 5.00. The first-order valence-electron chi connectivity index (χ1n) is 8.37. The van der Waals surface area contributed by atoms with Crippen LogP contribution < -0.4 is 5.46 Å². The zero-order chi connectivity index (χ0) is 16.5. The van der Waals surface area contributed by atoms with Crippen molar-refractivity contribution in [2.45, 2.75) is 51.7 Å². The molecule has 1 heterocycles. The minimum atomic E-state index is -0.294. The maximum atomic E-state index is 6.09. The van der Waals surface area contributed by atoms with Crippen molar-refractivity contribution in [3.8, 4) is 0 Å². The van der Waals surface area contributed by atoms with Crippen molar-refractivity contribution in [3.63, 3.8) is 0 Å². The Labute approximate surface area is 140 Å². The molecule has 1 aliphatic heterocycles. The molecule has 1 aromatic rings. The molecule has 1 aliphatic carbocycles. The van der Waals surface area contributed by atoms with Gasteiger partial charge in [-0.15, -0.1) is 0 Å². The van der Waals surface area contributed by atoms with E-state index < -0.39 is 0 Å². The Morgan fingerprint density at radius 3 is 2.17 bits per heavy atom. The van der Waals surface area contributed by atoms with Gasteiger partial charge in [0.25, 0.3) is 0 Å². The Balaban J connectivity index is 1.69. The topological polar surface area (TPSA) is 18.5 Å². The molecule has 0 radical (unpaired) electrons. The van der Waals surface area contributed by atoms with Crippen LogP contribution in [0.4, 0.5) is 0 Å². The fourth-order valence-corrected chi connectivity index (χ4v) is 2.71. The van der Waals surface area contributed by atoms with Crippen molar-refractivity contribution in [1.29, 1.82) is 0 Å². The molecule has 1 saturated heterocycles. The van der Waals surface area contributed by atoms with Crippen molar-refractivity contribution < 1.29 is 9.31 Å². The number of benzene rings is 1. The second-order valence-corrected chi connectivity index (χ2v) is 7.30. The van der Waals surface area contributed by atoms with Gasteiger partial charge >= 0.3 is 7.12 Å². The van der Waals surface area contributed by atoms with Crippen LogP contribution in [-0.4, -0.2) is 18.3 Å². The predicted molar refractivity (Wildman–Crippen MR) is 97.6 cm³/mol. The van der Waals surface area contributed by atoms with Gasteiger partial charge in [-0.25, -0.2) is 0 Å². The normalized spacial score (nSPS) is 22.6. The Morgan fingerprint density at radius 1 is 0.957 bits per heavy atom. The van der Waals surface area contributed by atoms with Crippen molar-refractivity contribution in [2.75, 3.05) is 0 Å². The van der Waals surface area contributed by atoms with Crippen LogP contribution in [0.15, 0.2) is 54.1 Å². The van der Waals surface area contributed by atoms with Crippen LogP contribution in [0.2, 0.25) is 0 Å². The highest BCUT2D eigenvalue weighted by molar-refractivity contribution is 6.62. The lowest BCUT2D eigenvalue weighted by Crippen LogP contribution is -2.41. The van der Waals surface area contributed by atoms with Crippen LogP contribution in [0.3, 0.4) is 0 Å². The molecule has 23 heavy (non-hydrogen) atoms. The summed E-state index contributed by atoms with van der Waals surface area (Å²) < 4.78 is 12.2. The van der Waals surface area contributed by atoms with Gasteiger partial charge < -0.3 is 9.31 Å². The molecule has 0 spiro atoms. The fourth-order valence-electron chi connectivity index (χ4n) is 2.71. The van der Waals surface area contributed by atoms with E-state index in [0.717, 1.165) is 18.3 Å². The van der Waals surface area contributed by atoms with Crippen LogP contribution in [-0.2, 0) is 9.31 Å². The number of hydrogen-bond donors (Lipinski definition) is 0. The van der Waals surface area contributed by atoms with Gasteiger partial charge in [-0.2, -0.15) is 0 Å². The van der Waals surface area contributed by atoms with E-state index in [4.69, 9.17) is 9.31 Å². The number of rotatable bonds is 3. The van der Waals surface area contributed by atoms with E-state index in [2.05, 4.69) is 82.3 Å². The van der Waals surface area contributed by atoms with Gasteiger partial charge in [-0.3, -0.25) is 0 Å². The fraction of sp³-hybridized carbons (Fsp3) is 0.400. The summed E-state index contributed by atoms with van der Waals surface area (Å²) in [6.07, 6.45) is 13.1. The van der Waals surface area contributed by atoms with Gasteiger partial charge in [0.1, 0.15) is 0 Å². The molecule has 0 atom stereocenters. The Morgan fingerprint density at radius 2 is 1.61 bits per heavy atom. The van der Waals surface area contributed by atoms with Gasteiger partial charge in [0.15, 0.2) is 0 Å². The van der Waals surface area contributed by atoms with Crippen LogP contribution >= 0.6 is 0 Å². The molecular weight excluding hydrogens is 283 g/mol. The van der Waals surface area contributed by atoms with E-state index in [-0.39, 0.29) is 18.3 Å². The maximum absolute atomic E-state index is 6.09. The Kier molecular flexibility index (Phi) is 4.35. The lowest BCUT2D eigenvalue weighted by atomic mass is 9.79. The number of hydrogen-bond acceptors (Lipinski definition) is 2. The lowest BCUT2D eigenvalue weighted by Gasteiger charge is -2.32. The summed E-state index contributed by atoms with van der Waals surface area (Å²) in [4.78, 5) is 0. The minimum absolute atomic E-state index is 0.288. The third kappa shape index (κ3) is 3.51. The molecule has 0 bridgehead atoms. The standard InChI is InChI=1S/C20H25BO2/c1-19(2)20(3,4)23-21(22-19)18-14-12-17(13-15-18)11-10-16-8-6-5-7-9-16/h5-6,8,10-15H,7,9H2,1-4H3/b11-10-. The molecule has 0 amide bonds. The summed E-state index contributed by atoms with van der Waals surface area (Å²) >= 11 is 0. The highest BCUT2D eigenvalue weighted by Gasteiger charge is 2.51. The summed E-state index contributed by atoms with van der Waals surface area (Å²) in [5.41, 5.74) is 3.05. The first-order valence-corrected chi connectivity index (χ1v) is 8.37. The average Bonchev–Trinajstić information content (AvgIpc) is 2.75. The van der Waals surface area contributed by atoms with Crippen LogP contribution in [0, 0.1) is 0 Å². The van der Waals surface area contributed by atoms with Crippen molar-refractivity contribution in [2.24, 2.45) is 0 Å². The first-order chi connectivity index (χ1) is 10.9. The number of allylic oxidation sites excluding steroid dienone is 5. The van der Waals surface area contributed by atoms with E-state index in [1.54, 1.807) is 0 Å². The molecule has 2 nitrogen and oxygen atoms in total. The molecule has 0 N–H and O–H groups in total. The smallest absolute Gasteiger partial charge is 0.399 e. The summed E-state index contributed by atoms with van der Waals surface area (Å²) in [5.74, 6) is 0. The van der Waals surface area contributed by atoms with Crippen molar-refractivity contribution in [1.82, 2.24) is 0 Å². The van der Waals surface area contributed by atoms with Gasteiger partial charge in [0.2, 0.25) is 0 Å². The van der Waals surface area contributed by atoms with Gasteiger partial charge in [0.05, 0.1) is 11.2 Å². The van der Waals surface area contributed by atoms with Crippen molar-refractivity contribution in [3.05, 3.63) is 59.7 Å². The highest BCUT2D eigenvalue weighted by Crippen LogP contribution is 2.36. The Bertz CT molecular complexity index is 635. The van der Waals surface area contributed by atoms with E-state index in [9.17, 15) is 0 Å². The molecule has 1 aromatic carbocycles. The molecule has 3 rings (SSSR count). The van der Waals surface area contributed by atoms with Gasteiger partial charge in [-0.1, -0.05) is 54.6 Å². The average molecular weight is 308 g/mol. The molecule has 0 unspecified atom stereocenters. The quantitative estimate of drug-likeness (QED) is 0.776. The molecule has 120 valence electrons. The van der Waals surface area contributed by atoms with Gasteiger partial charge in [-0.05, 0) is 57.1 Å². The van der Waals surface area contributed by atoms with E-state index in [0.29, 0.717) is 0 Å². The monoisotopic (exact) mass is 308 g/mol. The summed E-state index contributed by atoms with van der Waals surface area (Å²) in [6.45, 7) is 8.32. The molecular formula is C20H25BO2. The largest absolute Gasteiger partial charge is 0.494 e. The molecule has 3 heteroatoms. The molecule has 0 saturated carbocycles. The SMILES string of the molecule is CC1(C)OB(c2ccc(/C=C\C3=CC=CCC3)cc2)OC1(C)C. The summed E-state index contributed by atoms with van der Waals surface area (Å²) in [5, 5.41) is 0. The lowest BCUT2D eigenvalue weighted by molar-refractivity contribution is 0.00578. The first kappa shape index (κ1) is 16.3. The Hall–Kier alpha value is -1.58. The van der Waals surface area contributed by atoms with E-state index in [1.807, 2.05) is 0 Å². The van der Waals surface area contributed by atoms with E-state index >= 15 is 0 Å².